The van der Waals surface area contributed by atoms with Crippen molar-refractivity contribution in [2.24, 2.45) is 0 Å². The summed E-state index contributed by atoms with van der Waals surface area (Å²) in [5.74, 6) is -3.84. The van der Waals surface area contributed by atoms with Gasteiger partial charge in [-0.2, -0.15) is 0 Å². The molecule has 0 aliphatic carbocycles. The normalized spacial score (nSPS) is 10.4. The Balaban J connectivity index is 2.53. The smallest absolute Gasteiger partial charge is 0.358 e. The Morgan fingerprint density at radius 2 is 2.17 bits per heavy atom. The predicted octanol–water partition coefficient (Wildman–Crippen LogP) is 2.33. The minimum atomic E-state index is -1.31. The molecule has 1 N–H and O–H groups in total. The number of ether oxygens (including phenoxy) is 1. The van der Waals surface area contributed by atoms with Crippen molar-refractivity contribution < 1.29 is 27.9 Å². The lowest BCUT2D eigenvalue weighted by Crippen LogP contribution is -1.95. The third-order valence-corrected chi connectivity index (χ3v) is 2.25. The number of methoxy groups -OCH3 is 1. The van der Waals surface area contributed by atoms with E-state index in [1.165, 1.54) is 0 Å². The molecule has 0 saturated heterocycles. The number of benzene rings is 1. The van der Waals surface area contributed by atoms with E-state index in [2.05, 4.69) is 14.4 Å². The Morgan fingerprint density at radius 3 is 2.72 bits per heavy atom. The number of aromatic carboxylic acids is 1. The average molecular weight is 255 g/mol. The van der Waals surface area contributed by atoms with Crippen LogP contribution in [-0.2, 0) is 0 Å². The van der Waals surface area contributed by atoms with Gasteiger partial charge >= 0.3 is 5.97 Å². The van der Waals surface area contributed by atoms with Crippen molar-refractivity contribution in [1.82, 2.24) is 5.16 Å². The number of hydrogen-bond donors (Lipinski definition) is 1. The van der Waals surface area contributed by atoms with Crippen molar-refractivity contribution in [3.05, 3.63) is 35.5 Å². The molecule has 0 saturated carbocycles. The zero-order valence-corrected chi connectivity index (χ0v) is 9.11. The lowest BCUT2D eigenvalue weighted by atomic mass is 10.1. The zero-order valence-electron chi connectivity index (χ0n) is 9.11. The molecule has 0 aliphatic rings. The van der Waals surface area contributed by atoms with E-state index in [0.29, 0.717) is 0 Å². The average Bonchev–Trinajstić information content (AvgIpc) is 2.79. The highest BCUT2D eigenvalue weighted by atomic mass is 19.1. The highest BCUT2D eigenvalue weighted by Crippen LogP contribution is 2.31. The number of rotatable bonds is 3. The van der Waals surface area contributed by atoms with Gasteiger partial charge in [-0.1, -0.05) is 5.16 Å². The number of carboxylic acid groups (broad SMARTS) is 1. The Bertz CT molecular complexity index is 609. The van der Waals surface area contributed by atoms with Crippen LogP contribution in [0.5, 0.6) is 5.75 Å². The molecule has 0 amide bonds. The molecule has 2 rings (SSSR count). The quantitative estimate of drug-likeness (QED) is 0.911. The Kier molecular flexibility index (Phi) is 2.97. The van der Waals surface area contributed by atoms with Crippen LogP contribution in [0.3, 0.4) is 0 Å². The van der Waals surface area contributed by atoms with E-state index >= 15 is 0 Å². The van der Waals surface area contributed by atoms with E-state index in [1.54, 1.807) is 0 Å². The number of halogens is 2. The number of hydrogen-bond acceptors (Lipinski definition) is 4. The van der Waals surface area contributed by atoms with Gasteiger partial charge < -0.3 is 14.4 Å². The van der Waals surface area contributed by atoms with Crippen LogP contribution in [0.15, 0.2) is 22.7 Å². The molecule has 5 nitrogen and oxygen atoms in total. The molecule has 0 unspecified atom stereocenters. The van der Waals surface area contributed by atoms with Gasteiger partial charge in [0.05, 0.1) is 12.7 Å². The summed E-state index contributed by atoms with van der Waals surface area (Å²) in [6, 6.07) is 3.14. The summed E-state index contributed by atoms with van der Waals surface area (Å²) >= 11 is 0. The maximum absolute atomic E-state index is 13.8. The second-order valence-electron chi connectivity index (χ2n) is 3.32. The van der Waals surface area contributed by atoms with E-state index in [-0.39, 0.29) is 17.0 Å². The van der Waals surface area contributed by atoms with Gasteiger partial charge in [-0.15, -0.1) is 0 Å². The first-order chi connectivity index (χ1) is 8.54. The molecule has 0 aliphatic heterocycles. The van der Waals surface area contributed by atoms with Crippen molar-refractivity contribution in [2.45, 2.75) is 0 Å². The van der Waals surface area contributed by atoms with Gasteiger partial charge in [0.25, 0.3) is 0 Å². The summed E-state index contributed by atoms with van der Waals surface area (Å²) in [5, 5.41) is 11.9. The monoisotopic (exact) mass is 255 g/mol. The number of carbonyl (C=O) groups is 1. The van der Waals surface area contributed by atoms with Gasteiger partial charge in [0.1, 0.15) is 0 Å². The highest BCUT2D eigenvalue weighted by molar-refractivity contribution is 5.86. The third-order valence-electron chi connectivity index (χ3n) is 2.25. The van der Waals surface area contributed by atoms with Gasteiger partial charge in [0.2, 0.25) is 0 Å². The molecule has 0 bridgehead atoms. The zero-order chi connectivity index (χ0) is 13.3. The second kappa shape index (κ2) is 4.44. The minimum absolute atomic E-state index is 0.122. The Labute approximate surface area is 99.6 Å². The summed E-state index contributed by atoms with van der Waals surface area (Å²) in [5.41, 5.74) is -0.499. The Hall–Kier alpha value is -2.44. The molecular formula is C11H7F2NO4. The predicted molar refractivity (Wildman–Crippen MR) is 55.4 cm³/mol. The molecule has 0 spiro atoms. The van der Waals surface area contributed by atoms with E-state index in [1.807, 2.05) is 0 Å². The van der Waals surface area contributed by atoms with Crippen LogP contribution in [0, 0.1) is 11.6 Å². The number of aromatic nitrogens is 1. The topological polar surface area (TPSA) is 72.6 Å². The highest BCUT2D eigenvalue weighted by Gasteiger charge is 2.20. The number of carboxylic acids is 1. The van der Waals surface area contributed by atoms with Gasteiger partial charge in [-0.25, -0.2) is 13.6 Å². The summed E-state index contributed by atoms with van der Waals surface area (Å²) in [6.45, 7) is 0. The maximum Gasteiger partial charge on any atom is 0.358 e. The largest absolute Gasteiger partial charge is 0.491 e. The Morgan fingerprint density at radius 1 is 1.44 bits per heavy atom. The molecule has 7 heteroatoms. The number of nitrogens with zero attached hydrogens (tertiary/aromatic N) is 1. The van der Waals surface area contributed by atoms with Crippen LogP contribution in [-0.4, -0.2) is 23.3 Å². The van der Waals surface area contributed by atoms with Crippen molar-refractivity contribution in [2.75, 3.05) is 7.11 Å². The summed E-state index contributed by atoms with van der Waals surface area (Å²) < 4.78 is 36.3. The second-order valence-corrected chi connectivity index (χ2v) is 3.32. The van der Waals surface area contributed by atoms with Crippen LogP contribution in [0.4, 0.5) is 8.78 Å². The van der Waals surface area contributed by atoms with Crippen LogP contribution in [0.25, 0.3) is 11.3 Å². The van der Waals surface area contributed by atoms with E-state index in [0.717, 1.165) is 25.3 Å². The first-order valence-corrected chi connectivity index (χ1v) is 4.77. The van der Waals surface area contributed by atoms with Gasteiger partial charge in [-0.05, 0) is 12.1 Å². The SMILES string of the molecule is COc1c(F)ccc(-c2cc(C(=O)O)no2)c1F. The van der Waals surface area contributed by atoms with Crippen molar-refractivity contribution >= 4 is 5.97 Å². The summed E-state index contributed by atoms with van der Waals surface area (Å²) in [7, 11) is 1.12. The van der Waals surface area contributed by atoms with Crippen LogP contribution in [0.1, 0.15) is 10.5 Å². The fourth-order valence-electron chi connectivity index (χ4n) is 1.41. The molecular weight excluding hydrogens is 248 g/mol. The molecule has 1 aromatic carbocycles. The molecule has 18 heavy (non-hydrogen) atoms. The van der Waals surface area contributed by atoms with E-state index in [9.17, 15) is 13.6 Å². The van der Waals surface area contributed by atoms with Crippen molar-refractivity contribution in [3.8, 4) is 17.1 Å². The molecule has 2 aromatic rings. The molecule has 0 atom stereocenters. The van der Waals surface area contributed by atoms with Crippen molar-refractivity contribution in [3.63, 3.8) is 0 Å². The lowest BCUT2D eigenvalue weighted by molar-refractivity contribution is 0.0686. The van der Waals surface area contributed by atoms with Crippen LogP contribution < -0.4 is 4.74 Å². The van der Waals surface area contributed by atoms with E-state index < -0.39 is 23.4 Å². The minimum Gasteiger partial charge on any atom is -0.491 e. The molecule has 94 valence electrons. The molecule has 1 heterocycles. The third kappa shape index (κ3) is 1.90. The molecule has 1 aromatic heterocycles. The summed E-state index contributed by atoms with van der Waals surface area (Å²) in [4.78, 5) is 10.6. The maximum atomic E-state index is 13.8. The molecule has 0 radical (unpaired) electrons. The van der Waals surface area contributed by atoms with Gasteiger partial charge in [0.15, 0.2) is 28.8 Å². The van der Waals surface area contributed by atoms with Crippen molar-refractivity contribution in [1.29, 1.82) is 0 Å². The summed E-state index contributed by atoms with van der Waals surface area (Å²) in [6.07, 6.45) is 0. The first kappa shape index (κ1) is 12.0. The van der Waals surface area contributed by atoms with Gasteiger partial charge in [0, 0.05) is 6.07 Å². The first-order valence-electron chi connectivity index (χ1n) is 4.77. The standard InChI is InChI=1S/C11H7F2NO4/c1-17-10-6(12)3-2-5(9(10)13)8-4-7(11(15)16)14-18-8/h2-4H,1H3,(H,15,16). The fraction of sp³-hybridized carbons (Fsp3) is 0.0909. The fourth-order valence-corrected chi connectivity index (χ4v) is 1.41. The van der Waals surface area contributed by atoms with E-state index in [4.69, 9.17) is 5.11 Å². The molecule has 0 fully saturated rings. The van der Waals surface area contributed by atoms with Crippen LogP contribution in [0.2, 0.25) is 0 Å². The van der Waals surface area contributed by atoms with Gasteiger partial charge in [-0.3, -0.25) is 0 Å². The lowest BCUT2D eigenvalue weighted by Gasteiger charge is -2.05. The van der Waals surface area contributed by atoms with Crippen LogP contribution >= 0.6 is 0 Å².